The van der Waals surface area contributed by atoms with Crippen molar-refractivity contribution < 1.29 is 18.8 Å². The van der Waals surface area contributed by atoms with Crippen molar-refractivity contribution in [2.45, 2.75) is 31.8 Å². The summed E-state index contributed by atoms with van der Waals surface area (Å²) in [5.41, 5.74) is 0.952. The van der Waals surface area contributed by atoms with E-state index >= 15 is 0 Å². The van der Waals surface area contributed by atoms with Crippen molar-refractivity contribution >= 4 is 23.4 Å². The van der Waals surface area contributed by atoms with Gasteiger partial charge in [0, 0.05) is 13.0 Å². The summed E-state index contributed by atoms with van der Waals surface area (Å²) in [6.07, 6.45) is 1.29. The number of carbonyl (C=O) groups excluding carboxylic acids is 3. The number of benzene rings is 2. The summed E-state index contributed by atoms with van der Waals surface area (Å²) in [5.74, 6) is -0.932. The lowest BCUT2D eigenvalue weighted by atomic mass is 9.98. The molecule has 4 rings (SSSR count). The molecule has 1 fully saturated rings. The zero-order valence-electron chi connectivity index (χ0n) is 16.2. The molecule has 0 aliphatic carbocycles. The van der Waals surface area contributed by atoms with E-state index in [0.717, 1.165) is 5.56 Å². The van der Waals surface area contributed by atoms with Crippen molar-refractivity contribution in [1.82, 2.24) is 10.2 Å². The van der Waals surface area contributed by atoms with E-state index in [2.05, 4.69) is 5.32 Å². The molecule has 1 N–H and O–H groups in total. The highest BCUT2D eigenvalue weighted by Gasteiger charge is 2.53. The first-order valence-corrected chi connectivity index (χ1v) is 9.65. The van der Waals surface area contributed by atoms with Crippen molar-refractivity contribution in [2.24, 2.45) is 0 Å². The van der Waals surface area contributed by atoms with Gasteiger partial charge >= 0.3 is 0 Å². The Kier molecular flexibility index (Phi) is 4.82. The fraction of sp³-hybridized carbons (Fsp3) is 0.318. The molecule has 0 bridgehead atoms. The summed E-state index contributed by atoms with van der Waals surface area (Å²) in [7, 11) is 0. The molecule has 150 valence electrons. The number of nitrogens with zero attached hydrogens (tertiary/aromatic N) is 2. The highest BCUT2D eigenvalue weighted by atomic mass is 19.1. The molecule has 1 saturated heterocycles. The van der Waals surface area contributed by atoms with Gasteiger partial charge in [0.1, 0.15) is 18.0 Å². The van der Waals surface area contributed by atoms with E-state index in [1.165, 1.54) is 17.0 Å². The van der Waals surface area contributed by atoms with Crippen LogP contribution in [-0.4, -0.2) is 41.4 Å². The number of amides is 3. The minimum absolute atomic E-state index is 0.0519. The van der Waals surface area contributed by atoms with Crippen LogP contribution >= 0.6 is 0 Å². The topological polar surface area (TPSA) is 69.7 Å². The number of hydrogen-bond donors (Lipinski definition) is 1. The maximum atomic E-state index is 13.3. The van der Waals surface area contributed by atoms with Crippen LogP contribution in [0.15, 0.2) is 48.5 Å². The molecule has 3 amide bonds. The third kappa shape index (κ3) is 3.37. The minimum Gasteiger partial charge on any atom is -0.354 e. The van der Waals surface area contributed by atoms with Crippen LogP contribution in [0.25, 0.3) is 0 Å². The van der Waals surface area contributed by atoms with Gasteiger partial charge in [0.2, 0.25) is 11.8 Å². The predicted octanol–water partition coefficient (Wildman–Crippen LogP) is 2.48. The highest BCUT2D eigenvalue weighted by Crippen LogP contribution is 2.43. The normalized spacial score (nSPS) is 20.5. The third-order valence-electron chi connectivity index (χ3n) is 5.67. The summed E-state index contributed by atoms with van der Waals surface area (Å²) in [6, 6.07) is 13.2. The molecule has 2 aliphatic rings. The second-order valence-corrected chi connectivity index (χ2v) is 7.58. The van der Waals surface area contributed by atoms with E-state index in [0.29, 0.717) is 37.1 Å². The van der Waals surface area contributed by atoms with Crippen LogP contribution in [0.4, 0.5) is 10.1 Å². The van der Waals surface area contributed by atoms with Gasteiger partial charge in [-0.2, -0.15) is 0 Å². The summed E-state index contributed by atoms with van der Waals surface area (Å²) in [6.45, 7) is 2.02. The molecular formula is C22H22FN3O3. The van der Waals surface area contributed by atoms with Gasteiger partial charge < -0.3 is 10.2 Å². The van der Waals surface area contributed by atoms with Crippen molar-refractivity contribution in [3.8, 4) is 0 Å². The zero-order chi connectivity index (χ0) is 20.6. The number of para-hydroxylation sites is 1. The van der Waals surface area contributed by atoms with Crippen molar-refractivity contribution in [3.05, 3.63) is 65.5 Å². The van der Waals surface area contributed by atoms with E-state index in [9.17, 15) is 18.8 Å². The van der Waals surface area contributed by atoms with Crippen LogP contribution in [0, 0.1) is 5.82 Å². The largest absolute Gasteiger partial charge is 0.354 e. The molecule has 2 aromatic rings. The minimum atomic E-state index is -0.859. The Bertz CT molecular complexity index is 993. The Balaban J connectivity index is 1.48. The highest BCUT2D eigenvalue weighted by molar-refractivity contribution is 6.11. The smallest absolute Gasteiger partial charge is 0.258 e. The molecule has 29 heavy (non-hydrogen) atoms. The Morgan fingerprint density at radius 3 is 2.76 bits per heavy atom. The number of rotatable bonds is 5. The lowest BCUT2D eigenvalue weighted by Crippen LogP contribution is -2.63. The molecule has 1 unspecified atom stereocenters. The molecule has 0 aromatic heterocycles. The summed E-state index contributed by atoms with van der Waals surface area (Å²) < 4.78 is 13.3. The van der Waals surface area contributed by atoms with Crippen molar-refractivity contribution in [1.29, 1.82) is 0 Å². The first-order chi connectivity index (χ1) is 13.9. The Hall–Kier alpha value is -3.22. The van der Waals surface area contributed by atoms with Gasteiger partial charge in [-0.25, -0.2) is 4.39 Å². The van der Waals surface area contributed by atoms with E-state index in [1.54, 1.807) is 41.3 Å². The maximum absolute atomic E-state index is 13.3. The molecular weight excluding hydrogens is 373 g/mol. The second kappa shape index (κ2) is 7.31. The van der Waals surface area contributed by atoms with Gasteiger partial charge in [-0.1, -0.05) is 24.3 Å². The third-order valence-corrected chi connectivity index (χ3v) is 5.67. The van der Waals surface area contributed by atoms with Gasteiger partial charge in [0.25, 0.3) is 5.91 Å². The average Bonchev–Trinajstić information content (AvgIpc) is 3.01. The van der Waals surface area contributed by atoms with Crippen LogP contribution in [0.1, 0.15) is 35.7 Å². The van der Waals surface area contributed by atoms with Gasteiger partial charge in [0.15, 0.2) is 0 Å². The van der Waals surface area contributed by atoms with Crippen LogP contribution < -0.4 is 10.2 Å². The fourth-order valence-corrected chi connectivity index (χ4v) is 4.18. The molecule has 2 heterocycles. The quantitative estimate of drug-likeness (QED) is 0.846. The average molecular weight is 395 g/mol. The SMILES string of the molecule is CC12CCC(=O)N1c1ccccc1C(=O)N2CC(=O)NCCc1cccc(F)c1. The lowest BCUT2D eigenvalue weighted by Gasteiger charge is -2.48. The van der Waals surface area contributed by atoms with E-state index < -0.39 is 5.66 Å². The molecule has 0 radical (unpaired) electrons. The van der Waals surface area contributed by atoms with Crippen LogP contribution in [0.3, 0.4) is 0 Å². The summed E-state index contributed by atoms with van der Waals surface area (Å²) in [5, 5.41) is 2.79. The Morgan fingerprint density at radius 2 is 1.97 bits per heavy atom. The number of hydrogen-bond acceptors (Lipinski definition) is 3. The van der Waals surface area contributed by atoms with Gasteiger partial charge in [-0.15, -0.1) is 0 Å². The predicted molar refractivity (Wildman–Crippen MR) is 106 cm³/mol. The van der Waals surface area contributed by atoms with E-state index in [1.807, 2.05) is 6.92 Å². The summed E-state index contributed by atoms with van der Waals surface area (Å²) in [4.78, 5) is 41.3. The van der Waals surface area contributed by atoms with Gasteiger partial charge in [-0.05, 0) is 49.6 Å². The van der Waals surface area contributed by atoms with Crippen LogP contribution in [-0.2, 0) is 16.0 Å². The molecule has 2 aliphatic heterocycles. The van der Waals surface area contributed by atoms with Gasteiger partial charge in [-0.3, -0.25) is 19.3 Å². The number of fused-ring (bicyclic) bond motifs is 3. The maximum Gasteiger partial charge on any atom is 0.258 e. The van der Waals surface area contributed by atoms with Crippen LogP contribution in [0.2, 0.25) is 0 Å². The molecule has 7 heteroatoms. The Morgan fingerprint density at radius 1 is 1.17 bits per heavy atom. The number of nitrogens with one attached hydrogen (secondary N) is 1. The van der Waals surface area contributed by atoms with E-state index in [-0.39, 0.29) is 30.1 Å². The standard InChI is InChI=1S/C22H22FN3O3/c1-22-11-9-20(28)26(22)18-8-3-2-7-17(18)21(29)25(22)14-19(27)24-12-10-15-5-4-6-16(23)13-15/h2-8,13H,9-12,14H2,1H3,(H,24,27). The molecule has 6 nitrogen and oxygen atoms in total. The monoisotopic (exact) mass is 395 g/mol. The Labute approximate surface area is 168 Å². The zero-order valence-corrected chi connectivity index (χ0v) is 16.2. The summed E-state index contributed by atoms with van der Waals surface area (Å²) >= 11 is 0. The fourth-order valence-electron chi connectivity index (χ4n) is 4.18. The first-order valence-electron chi connectivity index (χ1n) is 9.65. The molecule has 0 spiro atoms. The molecule has 2 aromatic carbocycles. The number of halogens is 1. The van der Waals surface area contributed by atoms with Crippen LogP contribution in [0.5, 0.6) is 0 Å². The van der Waals surface area contributed by atoms with Crippen molar-refractivity contribution in [3.63, 3.8) is 0 Å². The van der Waals surface area contributed by atoms with Crippen molar-refractivity contribution in [2.75, 3.05) is 18.0 Å². The lowest BCUT2D eigenvalue weighted by molar-refractivity contribution is -0.123. The molecule has 1 atom stereocenters. The first kappa shape index (κ1) is 19.1. The van der Waals surface area contributed by atoms with E-state index in [4.69, 9.17) is 0 Å². The van der Waals surface area contributed by atoms with Gasteiger partial charge in [0.05, 0.1) is 11.3 Å². The number of carbonyl (C=O) groups is 3. The molecule has 0 saturated carbocycles. The second-order valence-electron chi connectivity index (χ2n) is 7.58. The number of anilines is 1.